The van der Waals surface area contributed by atoms with E-state index in [1.165, 1.54) is 6.07 Å². The van der Waals surface area contributed by atoms with Crippen molar-refractivity contribution < 1.29 is 4.39 Å². The first kappa shape index (κ1) is 8.93. The summed E-state index contributed by atoms with van der Waals surface area (Å²) in [5.74, 6) is -0.243. The molecule has 54 valence electrons. The van der Waals surface area contributed by atoms with Gasteiger partial charge in [0.15, 0.2) is 0 Å². The summed E-state index contributed by atoms with van der Waals surface area (Å²) in [4.78, 5) is 0. The van der Waals surface area contributed by atoms with E-state index in [2.05, 4.69) is 54.5 Å². The normalized spacial score (nSPS) is 10.0. The highest BCUT2D eigenvalue weighted by atomic mass is 127. The summed E-state index contributed by atoms with van der Waals surface area (Å²) < 4.78 is 14.9. The number of hydrogen-bond donors (Lipinski definition) is 0. The van der Waals surface area contributed by atoms with E-state index in [9.17, 15) is 4.39 Å². The summed E-state index contributed by atoms with van der Waals surface area (Å²) >= 11 is 8.46. The Balaban J connectivity index is 3.34. The number of hydrogen-bond acceptors (Lipinski definition) is 0. The second-order valence-electron chi connectivity index (χ2n) is 1.66. The fraction of sp³-hybridized carbons (Fsp3) is 0. The molecule has 0 atom stereocenters. The van der Waals surface area contributed by atoms with Crippen LogP contribution in [0.4, 0.5) is 4.39 Å². The highest BCUT2D eigenvalue weighted by Crippen LogP contribution is 2.29. The zero-order valence-electron chi connectivity index (χ0n) is 4.67. The lowest BCUT2D eigenvalue weighted by atomic mass is 10.4. The van der Waals surface area contributed by atoms with Crippen LogP contribution in [0.2, 0.25) is 0 Å². The molecule has 0 heterocycles. The predicted octanol–water partition coefficient (Wildman–Crippen LogP) is 3.96. The average molecular weight is 380 g/mol. The highest BCUT2D eigenvalue weighted by molar-refractivity contribution is 14.1. The Morgan fingerprint density at radius 1 is 1.20 bits per heavy atom. The molecular formula is C6H2Br2FI. The molecular weight excluding hydrogens is 378 g/mol. The zero-order valence-corrected chi connectivity index (χ0v) is 10.00. The summed E-state index contributed by atoms with van der Waals surface area (Å²) in [6.45, 7) is 0. The van der Waals surface area contributed by atoms with E-state index in [1.807, 2.05) is 0 Å². The van der Waals surface area contributed by atoms with Gasteiger partial charge in [-0.3, -0.25) is 0 Å². The maximum absolute atomic E-state index is 12.7. The van der Waals surface area contributed by atoms with Crippen LogP contribution in [0.25, 0.3) is 0 Å². The van der Waals surface area contributed by atoms with Crippen LogP contribution in [-0.4, -0.2) is 0 Å². The molecule has 0 unspecified atom stereocenters. The zero-order chi connectivity index (χ0) is 7.72. The number of rotatable bonds is 0. The van der Waals surface area contributed by atoms with Crippen molar-refractivity contribution in [3.8, 4) is 0 Å². The van der Waals surface area contributed by atoms with Gasteiger partial charge in [0.05, 0.1) is 4.47 Å². The largest absolute Gasteiger partial charge is 0.206 e. The third-order valence-electron chi connectivity index (χ3n) is 0.988. The monoisotopic (exact) mass is 378 g/mol. The van der Waals surface area contributed by atoms with Crippen LogP contribution in [0, 0.1) is 9.39 Å². The van der Waals surface area contributed by atoms with Crippen molar-refractivity contribution in [3.63, 3.8) is 0 Å². The Bertz CT molecular complexity index is 235. The predicted molar refractivity (Wildman–Crippen MR) is 54.5 cm³/mol. The molecule has 1 rings (SSSR count). The van der Waals surface area contributed by atoms with Gasteiger partial charge in [0.25, 0.3) is 0 Å². The van der Waals surface area contributed by atoms with Crippen LogP contribution in [0.1, 0.15) is 0 Å². The molecule has 0 aromatic heterocycles. The minimum absolute atomic E-state index is 0.243. The van der Waals surface area contributed by atoms with Crippen molar-refractivity contribution >= 4 is 54.5 Å². The molecule has 0 aliphatic carbocycles. The molecule has 0 saturated carbocycles. The molecule has 0 fully saturated rings. The molecule has 0 amide bonds. The van der Waals surface area contributed by atoms with Crippen LogP contribution in [0.5, 0.6) is 0 Å². The quantitative estimate of drug-likeness (QED) is 0.364. The van der Waals surface area contributed by atoms with Crippen LogP contribution in [0.15, 0.2) is 21.1 Å². The van der Waals surface area contributed by atoms with Gasteiger partial charge in [-0.05, 0) is 66.6 Å². The standard InChI is InChI=1S/C6H2Br2FI/c7-5-3(9)1-2-4(10)6(5)8/h1-2H. The molecule has 0 spiro atoms. The lowest BCUT2D eigenvalue weighted by Gasteiger charge is -1.98. The number of benzene rings is 1. The van der Waals surface area contributed by atoms with Gasteiger partial charge in [-0.15, -0.1) is 0 Å². The van der Waals surface area contributed by atoms with Gasteiger partial charge < -0.3 is 0 Å². The van der Waals surface area contributed by atoms with E-state index >= 15 is 0 Å². The molecule has 0 N–H and O–H groups in total. The third kappa shape index (κ3) is 1.71. The minimum Gasteiger partial charge on any atom is -0.206 e. The third-order valence-corrected chi connectivity index (χ3v) is 4.76. The Labute approximate surface area is 88.6 Å². The molecule has 0 saturated heterocycles. The Hall–Kier alpha value is 0.840. The van der Waals surface area contributed by atoms with Crippen molar-refractivity contribution in [1.82, 2.24) is 0 Å². The van der Waals surface area contributed by atoms with Gasteiger partial charge in [0.1, 0.15) is 5.82 Å². The van der Waals surface area contributed by atoms with Crippen molar-refractivity contribution in [2.45, 2.75) is 0 Å². The molecule has 10 heavy (non-hydrogen) atoms. The number of halogens is 4. The van der Waals surface area contributed by atoms with Crippen molar-refractivity contribution in [1.29, 1.82) is 0 Å². The first-order valence-corrected chi connectivity index (χ1v) is 5.08. The fourth-order valence-electron chi connectivity index (χ4n) is 0.502. The van der Waals surface area contributed by atoms with Crippen molar-refractivity contribution in [2.75, 3.05) is 0 Å². The first-order chi connectivity index (χ1) is 4.63. The molecule has 1 aromatic rings. The van der Waals surface area contributed by atoms with Crippen LogP contribution in [0.3, 0.4) is 0 Å². The van der Waals surface area contributed by atoms with E-state index < -0.39 is 0 Å². The van der Waals surface area contributed by atoms with Crippen LogP contribution in [-0.2, 0) is 0 Å². The van der Waals surface area contributed by atoms with E-state index in [0.717, 1.165) is 8.04 Å². The lowest BCUT2D eigenvalue weighted by Crippen LogP contribution is -1.81. The summed E-state index contributed by atoms with van der Waals surface area (Å²) in [5, 5.41) is 0. The maximum atomic E-state index is 12.7. The SMILES string of the molecule is Fc1ccc(I)c(Br)c1Br. The second kappa shape index (κ2) is 3.49. The van der Waals surface area contributed by atoms with Gasteiger partial charge >= 0.3 is 0 Å². The van der Waals surface area contributed by atoms with Crippen molar-refractivity contribution in [2.24, 2.45) is 0 Å². The van der Waals surface area contributed by atoms with Gasteiger partial charge in [-0.2, -0.15) is 0 Å². The van der Waals surface area contributed by atoms with Gasteiger partial charge in [0.2, 0.25) is 0 Å². The smallest absolute Gasteiger partial charge is 0.138 e. The molecule has 0 aliphatic heterocycles. The molecule has 0 nitrogen and oxygen atoms in total. The van der Waals surface area contributed by atoms with Crippen LogP contribution >= 0.6 is 54.5 Å². The first-order valence-electron chi connectivity index (χ1n) is 2.42. The molecule has 0 aliphatic rings. The summed E-state index contributed by atoms with van der Waals surface area (Å²) in [6, 6.07) is 3.14. The fourth-order valence-corrected chi connectivity index (χ4v) is 1.99. The summed E-state index contributed by atoms with van der Waals surface area (Å²) in [6.07, 6.45) is 0. The maximum Gasteiger partial charge on any atom is 0.138 e. The van der Waals surface area contributed by atoms with E-state index in [4.69, 9.17) is 0 Å². The van der Waals surface area contributed by atoms with Gasteiger partial charge in [-0.25, -0.2) is 4.39 Å². The van der Waals surface area contributed by atoms with E-state index in [1.54, 1.807) is 6.07 Å². The Morgan fingerprint density at radius 2 is 1.80 bits per heavy atom. The molecule has 0 bridgehead atoms. The van der Waals surface area contributed by atoms with Crippen molar-refractivity contribution in [3.05, 3.63) is 30.5 Å². The lowest BCUT2D eigenvalue weighted by molar-refractivity contribution is 0.619. The van der Waals surface area contributed by atoms with E-state index in [0.29, 0.717) is 4.47 Å². The average Bonchev–Trinajstić information content (AvgIpc) is 1.93. The molecule has 0 radical (unpaired) electrons. The Morgan fingerprint density at radius 3 is 2.30 bits per heavy atom. The second-order valence-corrected chi connectivity index (χ2v) is 4.41. The van der Waals surface area contributed by atoms with Gasteiger partial charge in [-0.1, -0.05) is 0 Å². The topological polar surface area (TPSA) is 0 Å². The molecule has 4 heteroatoms. The summed E-state index contributed by atoms with van der Waals surface area (Å²) in [7, 11) is 0. The minimum atomic E-state index is -0.243. The molecule has 1 aromatic carbocycles. The summed E-state index contributed by atoms with van der Waals surface area (Å²) in [5.41, 5.74) is 0. The highest BCUT2D eigenvalue weighted by Gasteiger charge is 2.05. The Kier molecular flexibility index (Phi) is 3.12. The van der Waals surface area contributed by atoms with E-state index in [-0.39, 0.29) is 5.82 Å². The van der Waals surface area contributed by atoms with Crippen LogP contribution < -0.4 is 0 Å². The van der Waals surface area contributed by atoms with Gasteiger partial charge in [0, 0.05) is 8.04 Å².